The molecule has 0 radical (unpaired) electrons. The van der Waals surface area contributed by atoms with E-state index in [0.29, 0.717) is 22.6 Å². The molecule has 8 heteroatoms. The summed E-state index contributed by atoms with van der Waals surface area (Å²) in [6.07, 6.45) is -1.68. The van der Waals surface area contributed by atoms with Gasteiger partial charge < -0.3 is 9.72 Å². The van der Waals surface area contributed by atoms with Crippen molar-refractivity contribution in [3.63, 3.8) is 0 Å². The van der Waals surface area contributed by atoms with Crippen LogP contribution in [-0.2, 0) is 6.18 Å². The number of H-pyrrole nitrogens is 1. The molecule has 0 aliphatic carbocycles. The predicted octanol–water partition coefficient (Wildman–Crippen LogP) is 3.05. The van der Waals surface area contributed by atoms with Crippen LogP contribution in [0.2, 0.25) is 0 Å². The Bertz CT molecular complexity index is 764. The topological polar surface area (TPSA) is 63.7 Å². The molecule has 21 heavy (non-hydrogen) atoms. The third-order valence-electron chi connectivity index (χ3n) is 2.94. The molecule has 0 aliphatic heterocycles. The summed E-state index contributed by atoms with van der Waals surface area (Å²) in [4.78, 5) is 14.8. The van der Waals surface area contributed by atoms with Crippen LogP contribution in [0.15, 0.2) is 30.7 Å². The first kappa shape index (κ1) is 13.3. The van der Waals surface area contributed by atoms with Gasteiger partial charge >= 0.3 is 6.18 Å². The molecule has 108 valence electrons. The number of nitrogens with one attached hydrogen (secondary N) is 1. The quantitative estimate of drug-likeness (QED) is 0.789. The molecule has 0 saturated heterocycles. The van der Waals surface area contributed by atoms with Crippen LogP contribution < -0.4 is 4.74 Å². The van der Waals surface area contributed by atoms with E-state index >= 15 is 0 Å². The number of rotatable bonds is 2. The van der Waals surface area contributed by atoms with Crippen molar-refractivity contribution in [2.24, 2.45) is 0 Å². The van der Waals surface area contributed by atoms with Crippen molar-refractivity contribution in [3.05, 3.63) is 36.3 Å². The summed E-state index contributed by atoms with van der Waals surface area (Å²) in [6, 6.07) is 3.75. The van der Waals surface area contributed by atoms with Gasteiger partial charge in [-0.25, -0.2) is 15.0 Å². The molecule has 0 amide bonds. The van der Waals surface area contributed by atoms with Gasteiger partial charge in [0, 0.05) is 5.56 Å². The van der Waals surface area contributed by atoms with Gasteiger partial charge in [0.05, 0.1) is 18.9 Å². The van der Waals surface area contributed by atoms with Crippen LogP contribution >= 0.6 is 0 Å². The maximum absolute atomic E-state index is 13.0. The Balaban J connectivity index is 2.14. The predicted molar refractivity (Wildman–Crippen MR) is 68.7 cm³/mol. The molecule has 0 aliphatic rings. The van der Waals surface area contributed by atoms with Crippen LogP contribution in [0.1, 0.15) is 5.56 Å². The largest absolute Gasteiger partial charge is 0.496 e. The molecule has 0 bridgehead atoms. The molecule has 0 spiro atoms. The minimum absolute atomic E-state index is 0.234. The molecule has 1 N–H and O–H groups in total. The number of alkyl halides is 3. The summed E-state index contributed by atoms with van der Waals surface area (Å²) in [7, 11) is 1.20. The molecule has 0 unspecified atom stereocenters. The molecule has 0 fully saturated rings. The molecule has 3 aromatic rings. The molecular formula is C13H9F3N4O. The van der Waals surface area contributed by atoms with Gasteiger partial charge in [0.2, 0.25) is 0 Å². The van der Waals surface area contributed by atoms with Crippen molar-refractivity contribution in [2.75, 3.05) is 7.11 Å². The molecule has 0 atom stereocenters. The summed E-state index contributed by atoms with van der Waals surface area (Å²) in [5, 5.41) is 0. The smallest absolute Gasteiger partial charge is 0.419 e. The number of nitrogens with zero attached hydrogens (tertiary/aromatic N) is 3. The fourth-order valence-electron chi connectivity index (χ4n) is 1.98. The summed E-state index contributed by atoms with van der Waals surface area (Å²) in [6.45, 7) is 0. The zero-order valence-electron chi connectivity index (χ0n) is 10.8. The summed E-state index contributed by atoms with van der Waals surface area (Å²) >= 11 is 0. The molecule has 3 rings (SSSR count). The van der Waals surface area contributed by atoms with Crippen LogP contribution in [-0.4, -0.2) is 27.0 Å². The summed E-state index contributed by atoms with van der Waals surface area (Å²) < 4.78 is 43.8. The van der Waals surface area contributed by atoms with Crippen molar-refractivity contribution < 1.29 is 17.9 Å². The SMILES string of the molecule is COc1ccc(-c2nc3ncncc3[nH]2)cc1C(F)(F)F. The Kier molecular flexibility index (Phi) is 3.00. The van der Waals surface area contributed by atoms with Crippen LogP contribution in [0.5, 0.6) is 5.75 Å². The first-order valence-corrected chi connectivity index (χ1v) is 5.90. The van der Waals surface area contributed by atoms with Crippen molar-refractivity contribution in [1.29, 1.82) is 0 Å². The standard InChI is InChI=1S/C13H9F3N4O/c1-21-10-3-2-7(4-8(10)13(14,15)16)11-19-9-5-17-6-18-12(9)20-11/h2-6H,1H3,(H,17,18,19,20). The maximum atomic E-state index is 13.0. The lowest BCUT2D eigenvalue weighted by Crippen LogP contribution is -2.07. The monoisotopic (exact) mass is 294 g/mol. The molecule has 2 heterocycles. The van der Waals surface area contributed by atoms with Gasteiger partial charge in [0.15, 0.2) is 5.65 Å². The minimum Gasteiger partial charge on any atom is -0.496 e. The second-order valence-corrected chi connectivity index (χ2v) is 4.26. The van der Waals surface area contributed by atoms with E-state index in [2.05, 4.69) is 19.9 Å². The van der Waals surface area contributed by atoms with E-state index < -0.39 is 11.7 Å². The van der Waals surface area contributed by atoms with Crippen molar-refractivity contribution in [3.8, 4) is 17.1 Å². The average molecular weight is 294 g/mol. The number of hydrogen-bond acceptors (Lipinski definition) is 4. The number of ether oxygens (including phenoxy) is 1. The Morgan fingerprint density at radius 1 is 1.24 bits per heavy atom. The summed E-state index contributed by atoms with van der Waals surface area (Å²) in [5.41, 5.74) is 0.386. The van der Waals surface area contributed by atoms with Gasteiger partial charge in [0.1, 0.15) is 23.4 Å². The Morgan fingerprint density at radius 2 is 2.05 bits per heavy atom. The van der Waals surface area contributed by atoms with Crippen LogP contribution in [0, 0.1) is 0 Å². The van der Waals surface area contributed by atoms with E-state index in [1.807, 2.05) is 0 Å². The van der Waals surface area contributed by atoms with Crippen molar-refractivity contribution in [2.45, 2.75) is 6.18 Å². The van der Waals surface area contributed by atoms with Crippen molar-refractivity contribution in [1.82, 2.24) is 19.9 Å². The number of aromatic amines is 1. The van der Waals surface area contributed by atoms with E-state index in [1.54, 1.807) is 0 Å². The second kappa shape index (κ2) is 4.72. The average Bonchev–Trinajstić information content (AvgIpc) is 2.89. The number of halogens is 3. The van der Waals surface area contributed by atoms with E-state index in [9.17, 15) is 13.2 Å². The van der Waals surface area contributed by atoms with E-state index in [4.69, 9.17) is 4.74 Å². The zero-order chi connectivity index (χ0) is 15.0. The third-order valence-corrected chi connectivity index (χ3v) is 2.94. The third kappa shape index (κ3) is 2.39. The number of hydrogen-bond donors (Lipinski definition) is 1. The van der Waals surface area contributed by atoms with E-state index in [1.165, 1.54) is 31.8 Å². The second-order valence-electron chi connectivity index (χ2n) is 4.26. The van der Waals surface area contributed by atoms with E-state index in [0.717, 1.165) is 6.07 Å². The maximum Gasteiger partial charge on any atom is 0.419 e. The van der Waals surface area contributed by atoms with Gasteiger partial charge in [-0.1, -0.05) is 0 Å². The van der Waals surface area contributed by atoms with Crippen molar-refractivity contribution >= 4 is 11.2 Å². The first-order valence-electron chi connectivity index (χ1n) is 5.90. The molecule has 0 saturated carbocycles. The number of methoxy groups -OCH3 is 1. The van der Waals surface area contributed by atoms with Crippen LogP contribution in [0.25, 0.3) is 22.6 Å². The molecule has 1 aromatic carbocycles. The molecule has 5 nitrogen and oxygen atoms in total. The van der Waals surface area contributed by atoms with Gasteiger partial charge in [-0.3, -0.25) is 0 Å². The normalized spacial score (nSPS) is 11.8. The Morgan fingerprint density at radius 3 is 2.71 bits per heavy atom. The lowest BCUT2D eigenvalue weighted by molar-refractivity contribution is -0.138. The lowest BCUT2D eigenvalue weighted by Gasteiger charge is -2.12. The highest BCUT2D eigenvalue weighted by Gasteiger charge is 2.34. The van der Waals surface area contributed by atoms with Crippen LogP contribution in [0.4, 0.5) is 13.2 Å². The highest BCUT2D eigenvalue weighted by atomic mass is 19.4. The van der Waals surface area contributed by atoms with Gasteiger partial charge in [-0.2, -0.15) is 13.2 Å². The minimum atomic E-state index is -4.51. The number of fused-ring (bicyclic) bond motifs is 1. The van der Waals surface area contributed by atoms with Crippen LogP contribution in [0.3, 0.4) is 0 Å². The van der Waals surface area contributed by atoms with E-state index in [-0.39, 0.29) is 5.75 Å². The lowest BCUT2D eigenvalue weighted by atomic mass is 10.1. The summed E-state index contributed by atoms with van der Waals surface area (Å²) in [5.74, 6) is 0.0563. The molecular weight excluding hydrogens is 285 g/mol. The van der Waals surface area contributed by atoms with Gasteiger partial charge in [-0.15, -0.1) is 0 Å². The number of imidazole rings is 1. The number of benzene rings is 1. The molecule has 2 aromatic heterocycles. The highest BCUT2D eigenvalue weighted by Crippen LogP contribution is 2.38. The fraction of sp³-hybridized carbons (Fsp3) is 0.154. The first-order chi connectivity index (χ1) is 9.99. The zero-order valence-corrected chi connectivity index (χ0v) is 10.8. The highest BCUT2D eigenvalue weighted by molar-refractivity contribution is 5.75. The number of aromatic nitrogens is 4. The Hall–Kier alpha value is -2.64. The fourth-order valence-corrected chi connectivity index (χ4v) is 1.98. The Labute approximate surface area is 116 Å². The van der Waals surface area contributed by atoms with Gasteiger partial charge in [0.25, 0.3) is 0 Å². The van der Waals surface area contributed by atoms with Gasteiger partial charge in [-0.05, 0) is 18.2 Å².